The molecule has 8 nitrogen and oxygen atoms in total. The molecule has 0 aliphatic rings. The van der Waals surface area contributed by atoms with Gasteiger partial charge in [-0.3, -0.25) is 14.9 Å². The number of carbonyl (C=O) groups is 2. The van der Waals surface area contributed by atoms with Crippen molar-refractivity contribution in [3.8, 4) is 5.75 Å². The minimum absolute atomic E-state index is 0.111. The Bertz CT molecular complexity index is 775. The third-order valence-electron chi connectivity index (χ3n) is 3.52. The lowest BCUT2D eigenvalue weighted by Crippen LogP contribution is -2.48. The van der Waals surface area contributed by atoms with Gasteiger partial charge in [0, 0.05) is 17.8 Å². The second kappa shape index (κ2) is 8.61. The normalized spacial score (nSPS) is 11.5. The molecule has 2 N–H and O–H groups in total. The van der Waals surface area contributed by atoms with Gasteiger partial charge >= 0.3 is 6.09 Å². The van der Waals surface area contributed by atoms with Crippen LogP contribution < -0.4 is 15.4 Å². The van der Waals surface area contributed by atoms with Crippen LogP contribution in [0.5, 0.6) is 5.75 Å². The lowest BCUT2D eigenvalue weighted by Gasteiger charge is -2.21. The van der Waals surface area contributed by atoms with Crippen molar-refractivity contribution in [2.75, 3.05) is 5.32 Å². The maximum atomic E-state index is 12.4. The van der Waals surface area contributed by atoms with Gasteiger partial charge in [0.1, 0.15) is 11.8 Å². The van der Waals surface area contributed by atoms with Crippen molar-refractivity contribution < 1.29 is 19.2 Å². The Balaban J connectivity index is 1.98. The molecule has 0 radical (unpaired) electrons. The Morgan fingerprint density at radius 2 is 1.65 bits per heavy atom. The number of para-hydroxylation sites is 1. The first-order valence-electron chi connectivity index (χ1n) is 7.95. The molecule has 0 aliphatic carbocycles. The summed E-state index contributed by atoms with van der Waals surface area (Å²) in [5, 5.41) is 15.9. The summed E-state index contributed by atoms with van der Waals surface area (Å²) < 4.78 is 5.08. The molecule has 2 aromatic carbocycles. The number of benzene rings is 2. The number of nitro groups is 1. The van der Waals surface area contributed by atoms with E-state index in [-0.39, 0.29) is 23.3 Å². The molecule has 8 heteroatoms. The van der Waals surface area contributed by atoms with Crippen LogP contribution >= 0.6 is 0 Å². The minimum Gasteiger partial charge on any atom is -0.410 e. The smallest absolute Gasteiger partial charge is 0.410 e. The summed E-state index contributed by atoms with van der Waals surface area (Å²) in [5.41, 5.74) is 0.508. The molecule has 0 unspecified atom stereocenters. The van der Waals surface area contributed by atoms with Gasteiger partial charge in [0.15, 0.2) is 0 Å². The van der Waals surface area contributed by atoms with Crippen molar-refractivity contribution >= 4 is 23.4 Å². The molecule has 0 saturated heterocycles. The topological polar surface area (TPSA) is 111 Å². The van der Waals surface area contributed by atoms with E-state index in [9.17, 15) is 19.7 Å². The van der Waals surface area contributed by atoms with Crippen LogP contribution in [-0.2, 0) is 4.79 Å². The number of hydrogen-bond acceptors (Lipinski definition) is 5. The number of ether oxygens (including phenoxy) is 1. The first-order chi connectivity index (χ1) is 12.4. The Morgan fingerprint density at radius 3 is 2.19 bits per heavy atom. The molecule has 1 atom stereocenters. The SMILES string of the molecule is CC(C)[C@H](NC(=O)Oc1ccc([N+](=O)[O-])cc1)C(=O)Nc1ccccc1. The van der Waals surface area contributed by atoms with Crippen LogP contribution in [0, 0.1) is 16.0 Å². The molecular weight excluding hydrogens is 338 g/mol. The molecule has 0 heterocycles. The van der Waals surface area contributed by atoms with Gasteiger partial charge in [0.2, 0.25) is 5.91 Å². The maximum Gasteiger partial charge on any atom is 0.413 e. The lowest BCUT2D eigenvalue weighted by molar-refractivity contribution is -0.384. The lowest BCUT2D eigenvalue weighted by atomic mass is 10.0. The summed E-state index contributed by atoms with van der Waals surface area (Å²) in [6, 6.07) is 13.2. The van der Waals surface area contributed by atoms with Crippen LogP contribution in [0.4, 0.5) is 16.2 Å². The number of hydrogen-bond donors (Lipinski definition) is 2. The van der Waals surface area contributed by atoms with Crippen molar-refractivity contribution in [3.63, 3.8) is 0 Å². The zero-order valence-electron chi connectivity index (χ0n) is 14.3. The molecule has 26 heavy (non-hydrogen) atoms. The van der Waals surface area contributed by atoms with Gasteiger partial charge in [-0.25, -0.2) is 4.79 Å². The second-order valence-corrected chi connectivity index (χ2v) is 5.86. The predicted octanol–water partition coefficient (Wildman–Crippen LogP) is 3.35. The molecule has 2 aromatic rings. The summed E-state index contributed by atoms with van der Waals surface area (Å²) >= 11 is 0. The number of rotatable bonds is 6. The van der Waals surface area contributed by atoms with Crippen molar-refractivity contribution in [3.05, 3.63) is 64.7 Å². The molecule has 136 valence electrons. The zero-order chi connectivity index (χ0) is 19.1. The Hall–Kier alpha value is -3.42. The zero-order valence-corrected chi connectivity index (χ0v) is 14.3. The first-order valence-corrected chi connectivity index (χ1v) is 7.95. The second-order valence-electron chi connectivity index (χ2n) is 5.86. The predicted molar refractivity (Wildman–Crippen MR) is 96.0 cm³/mol. The third-order valence-corrected chi connectivity index (χ3v) is 3.52. The van der Waals surface area contributed by atoms with E-state index in [1.54, 1.807) is 38.1 Å². The van der Waals surface area contributed by atoms with Crippen LogP contribution in [0.3, 0.4) is 0 Å². The average molecular weight is 357 g/mol. The van der Waals surface area contributed by atoms with Crippen molar-refractivity contribution in [2.45, 2.75) is 19.9 Å². The molecule has 0 bridgehead atoms. The molecule has 0 aliphatic heterocycles. The van der Waals surface area contributed by atoms with Gasteiger partial charge in [-0.15, -0.1) is 0 Å². The fourth-order valence-electron chi connectivity index (χ4n) is 2.18. The standard InChI is InChI=1S/C18H19N3O5/c1-12(2)16(17(22)19-13-6-4-3-5-7-13)20-18(23)26-15-10-8-14(9-11-15)21(24)25/h3-12,16H,1-2H3,(H,19,22)(H,20,23)/t16-/m0/s1. The van der Waals surface area contributed by atoms with Gasteiger partial charge in [-0.1, -0.05) is 32.0 Å². The number of nitrogens with zero attached hydrogens (tertiary/aromatic N) is 1. The number of nitrogens with one attached hydrogen (secondary N) is 2. The van der Waals surface area contributed by atoms with Crippen LogP contribution in [-0.4, -0.2) is 23.0 Å². The van der Waals surface area contributed by atoms with E-state index in [0.717, 1.165) is 0 Å². The van der Waals surface area contributed by atoms with Gasteiger partial charge in [-0.2, -0.15) is 0 Å². The van der Waals surface area contributed by atoms with E-state index in [1.165, 1.54) is 24.3 Å². The van der Waals surface area contributed by atoms with Gasteiger partial charge in [0.05, 0.1) is 4.92 Å². The molecule has 0 spiro atoms. The first kappa shape index (κ1) is 18.9. The van der Waals surface area contributed by atoms with Crippen LogP contribution in [0.2, 0.25) is 0 Å². The van der Waals surface area contributed by atoms with Crippen LogP contribution in [0.1, 0.15) is 13.8 Å². The van der Waals surface area contributed by atoms with Gasteiger partial charge < -0.3 is 15.4 Å². The largest absolute Gasteiger partial charge is 0.413 e. The van der Waals surface area contributed by atoms with Crippen molar-refractivity contribution in [1.82, 2.24) is 5.32 Å². The van der Waals surface area contributed by atoms with Crippen LogP contribution in [0.15, 0.2) is 54.6 Å². The summed E-state index contributed by atoms with van der Waals surface area (Å²) in [6.45, 7) is 3.59. The van der Waals surface area contributed by atoms with E-state index in [2.05, 4.69) is 10.6 Å². The third kappa shape index (κ3) is 5.30. The van der Waals surface area contributed by atoms with E-state index in [4.69, 9.17) is 4.74 Å². The summed E-state index contributed by atoms with van der Waals surface area (Å²) in [6.07, 6.45) is -0.819. The number of anilines is 1. The monoisotopic (exact) mass is 357 g/mol. The van der Waals surface area contributed by atoms with E-state index in [1.807, 2.05) is 6.07 Å². The quantitative estimate of drug-likeness (QED) is 0.608. The highest BCUT2D eigenvalue weighted by Gasteiger charge is 2.25. The molecule has 2 rings (SSSR count). The average Bonchev–Trinajstić information content (AvgIpc) is 2.60. The van der Waals surface area contributed by atoms with E-state index < -0.39 is 17.1 Å². The van der Waals surface area contributed by atoms with Crippen molar-refractivity contribution in [2.24, 2.45) is 5.92 Å². The van der Waals surface area contributed by atoms with Crippen molar-refractivity contribution in [1.29, 1.82) is 0 Å². The Morgan fingerprint density at radius 1 is 1.04 bits per heavy atom. The van der Waals surface area contributed by atoms with E-state index in [0.29, 0.717) is 5.69 Å². The fourth-order valence-corrected chi connectivity index (χ4v) is 2.18. The van der Waals surface area contributed by atoms with Crippen LogP contribution in [0.25, 0.3) is 0 Å². The Kier molecular flexibility index (Phi) is 6.26. The van der Waals surface area contributed by atoms with Gasteiger partial charge in [-0.05, 0) is 30.2 Å². The molecule has 0 aromatic heterocycles. The van der Waals surface area contributed by atoms with Gasteiger partial charge in [0.25, 0.3) is 5.69 Å². The molecule has 0 saturated carbocycles. The van der Waals surface area contributed by atoms with E-state index >= 15 is 0 Å². The number of carbonyl (C=O) groups excluding carboxylic acids is 2. The highest BCUT2D eigenvalue weighted by Crippen LogP contribution is 2.17. The summed E-state index contributed by atoms with van der Waals surface area (Å²) in [4.78, 5) is 34.5. The summed E-state index contributed by atoms with van der Waals surface area (Å²) in [7, 11) is 0. The fraction of sp³-hybridized carbons (Fsp3) is 0.222. The number of non-ortho nitro benzene ring substituents is 1. The maximum absolute atomic E-state index is 12.4. The summed E-state index contributed by atoms with van der Waals surface area (Å²) in [5.74, 6) is -0.408. The number of nitro benzene ring substituents is 1. The highest BCUT2D eigenvalue weighted by atomic mass is 16.6. The number of amides is 2. The highest BCUT2D eigenvalue weighted by molar-refractivity contribution is 5.96. The molecule has 0 fully saturated rings. The molecule has 2 amide bonds. The molecular formula is C18H19N3O5. The minimum atomic E-state index is -0.819. The Labute approximate surface area is 150 Å².